The van der Waals surface area contributed by atoms with Crippen LogP contribution in [0.15, 0.2) is 30.3 Å². The Morgan fingerprint density at radius 3 is 2.38 bits per heavy atom. The van der Waals surface area contributed by atoms with Gasteiger partial charge in [0, 0.05) is 34.3 Å². The Morgan fingerprint density at radius 2 is 1.78 bits per heavy atom. The van der Waals surface area contributed by atoms with Crippen LogP contribution in [0.3, 0.4) is 0 Å². The van der Waals surface area contributed by atoms with Crippen LogP contribution >= 0.6 is 23.2 Å². The fraction of sp³-hybridized carbons (Fsp3) is 0.381. The molecule has 11 heteroatoms. The Morgan fingerprint density at radius 1 is 1.12 bits per heavy atom. The average Bonchev–Trinajstić information content (AvgIpc) is 2.88. The lowest BCUT2D eigenvalue weighted by Crippen LogP contribution is -2.46. The van der Waals surface area contributed by atoms with Crippen molar-refractivity contribution in [1.29, 1.82) is 0 Å². The van der Waals surface area contributed by atoms with Gasteiger partial charge in [0.25, 0.3) is 5.91 Å². The smallest absolute Gasteiger partial charge is 0.433 e. The highest BCUT2D eigenvalue weighted by Crippen LogP contribution is 2.34. The van der Waals surface area contributed by atoms with Crippen molar-refractivity contribution in [3.63, 3.8) is 0 Å². The zero-order valence-corrected chi connectivity index (χ0v) is 18.7. The molecule has 172 valence electrons. The first-order chi connectivity index (χ1) is 14.9. The molecule has 3 rings (SSSR count). The van der Waals surface area contributed by atoms with Gasteiger partial charge < -0.3 is 10.1 Å². The third-order valence-electron chi connectivity index (χ3n) is 4.81. The van der Waals surface area contributed by atoms with Gasteiger partial charge in [-0.2, -0.15) is 13.2 Å². The molecule has 32 heavy (non-hydrogen) atoms. The summed E-state index contributed by atoms with van der Waals surface area (Å²) in [7, 11) is 0. The third kappa shape index (κ3) is 5.27. The molecule has 1 aliphatic heterocycles. The summed E-state index contributed by atoms with van der Waals surface area (Å²) >= 11 is 11.9. The Hall–Kier alpha value is -2.52. The summed E-state index contributed by atoms with van der Waals surface area (Å²) in [6.45, 7) is 3.59. The van der Waals surface area contributed by atoms with Gasteiger partial charge in [0.2, 0.25) is 0 Å². The molecular weight excluding hydrogens is 470 g/mol. The van der Waals surface area contributed by atoms with Gasteiger partial charge in [-0.25, -0.2) is 14.7 Å². The molecule has 0 aliphatic carbocycles. The van der Waals surface area contributed by atoms with Crippen molar-refractivity contribution in [2.75, 3.05) is 11.5 Å². The Labute approximate surface area is 192 Å². The van der Waals surface area contributed by atoms with Gasteiger partial charge in [-0.3, -0.25) is 4.79 Å². The molecule has 1 fully saturated rings. The van der Waals surface area contributed by atoms with Crippen molar-refractivity contribution < 1.29 is 27.5 Å². The molecule has 0 saturated carbocycles. The largest absolute Gasteiger partial charge is 0.493 e. The van der Waals surface area contributed by atoms with Crippen LogP contribution in [0.25, 0.3) is 0 Å². The molecule has 0 spiro atoms. The summed E-state index contributed by atoms with van der Waals surface area (Å²) in [5, 5.41) is 2.97. The van der Waals surface area contributed by atoms with E-state index in [1.54, 1.807) is 0 Å². The van der Waals surface area contributed by atoms with Crippen LogP contribution < -0.4 is 15.0 Å². The average molecular weight is 490 g/mol. The highest BCUT2D eigenvalue weighted by molar-refractivity contribution is 6.35. The van der Waals surface area contributed by atoms with E-state index in [-0.39, 0.29) is 40.2 Å². The van der Waals surface area contributed by atoms with Gasteiger partial charge >= 0.3 is 12.2 Å². The number of urea groups is 1. The second kappa shape index (κ2) is 9.15. The lowest BCUT2D eigenvalue weighted by molar-refractivity contribution is -0.141. The van der Waals surface area contributed by atoms with Crippen LogP contribution in [0.5, 0.6) is 5.75 Å². The number of anilines is 1. The second-order valence-corrected chi connectivity index (χ2v) is 8.46. The first kappa shape index (κ1) is 24.1. The number of nitrogens with zero attached hydrogens (tertiary/aromatic N) is 2. The van der Waals surface area contributed by atoms with E-state index in [2.05, 4.69) is 10.3 Å². The first-order valence-corrected chi connectivity index (χ1v) is 10.5. The SMILES string of the molecule is CCCCOc1cc(CC2(C)NC(=O)N(c3cc(Cl)cc(Cl)c3)C2=O)nc(C(F)(F)F)c1. The highest BCUT2D eigenvalue weighted by Gasteiger charge is 2.49. The number of halogens is 5. The normalized spacial score (nSPS) is 18.8. The van der Waals surface area contributed by atoms with Crippen molar-refractivity contribution >= 4 is 40.8 Å². The van der Waals surface area contributed by atoms with Crippen LogP contribution in [-0.2, 0) is 17.4 Å². The minimum Gasteiger partial charge on any atom is -0.493 e. The number of carbonyl (C=O) groups is 2. The monoisotopic (exact) mass is 489 g/mol. The van der Waals surface area contributed by atoms with Crippen molar-refractivity contribution in [2.45, 2.75) is 44.8 Å². The van der Waals surface area contributed by atoms with E-state index in [1.807, 2.05) is 6.92 Å². The molecule has 1 aliphatic rings. The molecule has 1 saturated heterocycles. The molecule has 0 bridgehead atoms. The Kier molecular flexibility index (Phi) is 6.90. The van der Waals surface area contributed by atoms with Crippen molar-refractivity contribution in [3.8, 4) is 5.75 Å². The molecule has 1 atom stereocenters. The molecule has 0 radical (unpaired) electrons. The van der Waals surface area contributed by atoms with Crippen molar-refractivity contribution in [3.05, 3.63) is 51.8 Å². The second-order valence-electron chi connectivity index (χ2n) is 7.59. The predicted molar refractivity (Wildman–Crippen MR) is 114 cm³/mol. The van der Waals surface area contributed by atoms with Crippen molar-refractivity contribution in [2.24, 2.45) is 0 Å². The molecule has 6 nitrogen and oxygen atoms in total. The van der Waals surface area contributed by atoms with Crippen LogP contribution in [0.2, 0.25) is 10.0 Å². The minimum atomic E-state index is -4.70. The van der Waals surface area contributed by atoms with Crippen molar-refractivity contribution in [1.82, 2.24) is 10.3 Å². The number of imide groups is 1. The zero-order chi connectivity index (χ0) is 23.7. The lowest BCUT2D eigenvalue weighted by atomic mass is 9.95. The number of amides is 3. The van der Waals surface area contributed by atoms with E-state index in [9.17, 15) is 22.8 Å². The minimum absolute atomic E-state index is 0.00498. The molecule has 1 unspecified atom stereocenters. The molecular formula is C21H20Cl2F3N3O3. The topological polar surface area (TPSA) is 71.5 Å². The van der Waals surface area contributed by atoms with E-state index in [0.29, 0.717) is 6.42 Å². The van der Waals surface area contributed by atoms with Crippen LogP contribution in [0.1, 0.15) is 38.1 Å². The number of pyridine rings is 1. The summed E-state index contributed by atoms with van der Waals surface area (Å²) in [5.41, 5.74) is -2.58. The van der Waals surface area contributed by atoms with Gasteiger partial charge in [-0.15, -0.1) is 0 Å². The number of hydrogen-bond donors (Lipinski definition) is 1. The van der Waals surface area contributed by atoms with E-state index in [1.165, 1.54) is 31.2 Å². The van der Waals surface area contributed by atoms with Crippen LogP contribution in [0.4, 0.5) is 23.7 Å². The summed E-state index contributed by atoms with van der Waals surface area (Å²) in [6, 6.07) is 5.63. The molecule has 1 N–H and O–H groups in total. The molecule has 2 heterocycles. The zero-order valence-electron chi connectivity index (χ0n) is 17.2. The molecule has 3 amide bonds. The standard InChI is InChI=1S/C21H20Cl2F3N3O3/c1-3-4-5-32-16-9-14(27-17(10-16)21(24,25)26)11-20(2)18(30)29(19(31)28-20)15-7-12(22)6-13(23)8-15/h6-10H,3-5,11H2,1-2H3,(H,28,31). The lowest BCUT2D eigenvalue weighted by Gasteiger charge is -2.22. The maximum absolute atomic E-state index is 13.4. The summed E-state index contributed by atoms with van der Waals surface area (Å²) in [6.07, 6.45) is -3.50. The Balaban J connectivity index is 1.92. The fourth-order valence-corrected chi connectivity index (χ4v) is 3.80. The summed E-state index contributed by atoms with van der Waals surface area (Å²) < 4.78 is 45.5. The number of hydrogen-bond acceptors (Lipinski definition) is 4. The van der Waals surface area contributed by atoms with Gasteiger partial charge in [0.15, 0.2) is 0 Å². The predicted octanol–water partition coefficient (Wildman–Crippen LogP) is 5.64. The number of benzene rings is 1. The van der Waals surface area contributed by atoms with Gasteiger partial charge in [0.1, 0.15) is 17.0 Å². The number of carbonyl (C=O) groups excluding carboxylic acids is 2. The molecule has 1 aromatic carbocycles. The number of rotatable bonds is 7. The van der Waals surface area contributed by atoms with Gasteiger partial charge in [-0.1, -0.05) is 36.5 Å². The van der Waals surface area contributed by atoms with E-state index < -0.39 is 29.3 Å². The van der Waals surface area contributed by atoms with E-state index in [0.717, 1.165) is 17.4 Å². The van der Waals surface area contributed by atoms with Crippen LogP contribution in [0, 0.1) is 0 Å². The van der Waals surface area contributed by atoms with E-state index in [4.69, 9.17) is 27.9 Å². The third-order valence-corrected chi connectivity index (χ3v) is 5.25. The summed E-state index contributed by atoms with van der Waals surface area (Å²) in [4.78, 5) is 30.2. The maximum Gasteiger partial charge on any atom is 0.433 e. The van der Waals surface area contributed by atoms with Crippen LogP contribution in [-0.4, -0.2) is 29.1 Å². The fourth-order valence-electron chi connectivity index (χ4n) is 3.28. The molecule has 2 aromatic rings. The highest BCUT2D eigenvalue weighted by atomic mass is 35.5. The molecule has 1 aromatic heterocycles. The quantitative estimate of drug-likeness (QED) is 0.403. The van der Waals surface area contributed by atoms with Gasteiger partial charge in [0.05, 0.1) is 12.3 Å². The summed E-state index contributed by atoms with van der Waals surface area (Å²) in [5.74, 6) is -0.678. The number of ether oxygens (including phenoxy) is 1. The number of nitrogens with one attached hydrogen (secondary N) is 1. The van der Waals surface area contributed by atoms with E-state index >= 15 is 0 Å². The number of alkyl halides is 3. The maximum atomic E-state index is 13.4. The van der Waals surface area contributed by atoms with Gasteiger partial charge in [-0.05, 0) is 31.5 Å². The first-order valence-electron chi connectivity index (χ1n) is 9.76. The Bertz CT molecular complexity index is 1030. The number of aromatic nitrogens is 1. The number of unbranched alkanes of at least 4 members (excludes halogenated alkanes) is 1.